The topological polar surface area (TPSA) is 38.3 Å². The molecule has 1 aromatic carbocycles. The third kappa shape index (κ3) is 4.26. The fourth-order valence-corrected chi connectivity index (χ4v) is 1.35. The molecule has 0 spiro atoms. The van der Waals surface area contributed by atoms with Crippen molar-refractivity contribution in [1.29, 1.82) is 0 Å². The van der Waals surface area contributed by atoms with Crippen molar-refractivity contribution in [1.82, 2.24) is 5.32 Å². The van der Waals surface area contributed by atoms with E-state index in [4.69, 9.17) is 4.74 Å². The smallest absolute Gasteiger partial charge is 0.254 e. The van der Waals surface area contributed by atoms with Gasteiger partial charge in [0, 0.05) is 6.54 Å². The molecule has 17 heavy (non-hydrogen) atoms. The maximum Gasteiger partial charge on any atom is 0.254 e. The van der Waals surface area contributed by atoms with Crippen LogP contribution in [0.2, 0.25) is 0 Å². The molecular weight excluding hydrogens is 221 g/mol. The third-order valence-electron chi connectivity index (χ3n) is 2.21. The van der Waals surface area contributed by atoms with Crippen molar-refractivity contribution in [3.8, 4) is 0 Å². The second kappa shape index (κ2) is 6.68. The van der Waals surface area contributed by atoms with E-state index < -0.39 is 11.7 Å². The molecule has 92 valence electrons. The molecule has 0 radical (unpaired) electrons. The Kier molecular flexibility index (Phi) is 5.20. The molecule has 4 heteroatoms. The zero-order valence-corrected chi connectivity index (χ0v) is 9.83. The number of aryl methyl sites for hydroxylation is 1. The largest absolute Gasteiger partial charge is 0.502 e. The van der Waals surface area contributed by atoms with Gasteiger partial charge < -0.3 is 10.1 Å². The molecule has 0 fully saturated rings. The van der Waals surface area contributed by atoms with Crippen molar-refractivity contribution in [3.05, 3.63) is 48.0 Å². The Morgan fingerprint density at radius 1 is 1.59 bits per heavy atom. The molecule has 3 nitrogen and oxygen atoms in total. The highest BCUT2D eigenvalue weighted by atomic mass is 19.1. The number of rotatable bonds is 6. The minimum Gasteiger partial charge on any atom is -0.502 e. The third-order valence-corrected chi connectivity index (χ3v) is 2.21. The molecule has 1 aromatic rings. The molecule has 0 aromatic heterocycles. The second-order valence-electron chi connectivity index (χ2n) is 3.63. The summed E-state index contributed by atoms with van der Waals surface area (Å²) in [5, 5.41) is 2.63. The quantitative estimate of drug-likeness (QED) is 0.609. The molecule has 1 rings (SSSR count). The zero-order valence-electron chi connectivity index (χ0n) is 9.83. The van der Waals surface area contributed by atoms with Gasteiger partial charge in [-0.3, -0.25) is 4.79 Å². The van der Waals surface area contributed by atoms with E-state index in [1.165, 1.54) is 18.4 Å². The van der Waals surface area contributed by atoms with E-state index in [0.717, 1.165) is 5.56 Å². The Labute approximate surface area is 100 Å². The molecule has 0 saturated heterocycles. The molecule has 0 saturated carbocycles. The minimum absolute atomic E-state index is 0.0784. The van der Waals surface area contributed by atoms with Crippen LogP contribution in [0.15, 0.2) is 31.0 Å². The van der Waals surface area contributed by atoms with Crippen LogP contribution < -0.4 is 5.32 Å². The number of hydrogen-bond acceptors (Lipinski definition) is 2. The standard InChI is InChI=1S/C13H16FNO2/c1-3-17-8-4-7-15-13(16)11-9-10(2)5-6-12(11)14/h3,5-6,9H,1,4,7-8H2,2H3,(H,15,16). The van der Waals surface area contributed by atoms with E-state index in [9.17, 15) is 9.18 Å². The summed E-state index contributed by atoms with van der Waals surface area (Å²) in [4.78, 5) is 11.6. The number of halogens is 1. The number of hydrogen-bond donors (Lipinski definition) is 1. The number of benzene rings is 1. The molecule has 0 aliphatic rings. The summed E-state index contributed by atoms with van der Waals surface area (Å²) in [5.74, 6) is -0.903. The lowest BCUT2D eigenvalue weighted by Crippen LogP contribution is -2.26. The van der Waals surface area contributed by atoms with Crippen molar-refractivity contribution < 1.29 is 13.9 Å². The van der Waals surface area contributed by atoms with Gasteiger partial charge in [-0.05, 0) is 25.5 Å². The van der Waals surface area contributed by atoms with Crippen LogP contribution in [0.1, 0.15) is 22.3 Å². The lowest BCUT2D eigenvalue weighted by atomic mass is 10.1. The van der Waals surface area contributed by atoms with Crippen molar-refractivity contribution in [2.75, 3.05) is 13.2 Å². The Morgan fingerprint density at radius 3 is 3.06 bits per heavy atom. The normalized spacial score (nSPS) is 9.76. The first-order chi connectivity index (χ1) is 8.15. The Morgan fingerprint density at radius 2 is 2.35 bits per heavy atom. The number of nitrogens with one attached hydrogen (secondary N) is 1. The highest BCUT2D eigenvalue weighted by Gasteiger charge is 2.10. The molecule has 1 amide bonds. The first-order valence-corrected chi connectivity index (χ1v) is 5.42. The van der Waals surface area contributed by atoms with Crippen LogP contribution in [0.25, 0.3) is 0 Å². The molecule has 0 aliphatic heterocycles. The van der Waals surface area contributed by atoms with Crippen LogP contribution in [0.4, 0.5) is 4.39 Å². The fraction of sp³-hybridized carbons (Fsp3) is 0.308. The minimum atomic E-state index is -0.504. The van der Waals surface area contributed by atoms with Gasteiger partial charge in [0.2, 0.25) is 0 Å². The summed E-state index contributed by atoms with van der Waals surface area (Å²) in [7, 11) is 0. The SMILES string of the molecule is C=COCCCNC(=O)c1cc(C)ccc1F. The predicted molar refractivity (Wildman–Crippen MR) is 64.2 cm³/mol. The van der Waals surface area contributed by atoms with E-state index in [1.807, 2.05) is 6.92 Å². The molecule has 0 atom stereocenters. The van der Waals surface area contributed by atoms with E-state index in [1.54, 1.807) is 6.07 Å². The summed E-state index contributed by atoms with van der Waals surface area (Å²) in [5.41, 5.74) is 0.932. The van der Waals surface area contributed by atoms with Crippen molar-refractivity contribution in [2.24, 2.45) is 0 Å². The number of amides is 1. The number of carbonyl (C=O) groups excluding carboxylic acids is 1. The monoisotopic (exact) mass is 237 g/mol. The van der Waals surface area contributed by atoms with Gasteiger partial charge >= 0.3 is 0 Å². The van der Waals surface area contributed by atoms with E-state index in [2.05, 4.69) is 11.9 Å². The van der Waals surface area contributed by atoms with Gasteiger partial charge in [0.1, 0.15) is 5.82 Å². The first kappa shape index (κ1) is 13.2. The van der Waals surface area contributed by atoms with Crippen molar-refractivity contribution >= 4 is 5.91 Å². The average Bonchev–Trinajstić information content (AvgIpc) is 2.32. The van der Waals surface area contributed by atoms with Gasteiger partial charge in [0.25, 0.3) is 5.91 Å². The van der Waals surface area contributed by atoms with Crippen LogP contribution in [0.3, 0.4) is 0 Å². The molecule has 1 N–H and O–H groups in total. The number of carbonyl (C=O) groups is 1. The van der Waals surface area contributed by atoms with Crippen LogP contribution >= 0.6 is 0 Å². The van der Waals surface area contributed by atoms with Gasteiger partial charge in [-0.1, -0.05) is 18.2 Å². The van der Waals surface area contributed by atoms with E-state index in [-0.39, 0.29) is 5.56 Å². The Balaban J connectivity index is 2.46. The van der Waals surface area contributed by atoms with Crippen LogP contribution in [0.5, 0.6) is 0 Å². The van der Waals surface area contributed by atoms with Gasteiger partial charge in [-0.15, -0.1) is 0 Å². The summed E-state index contributed by atoms with van der Waals surface area (Å²) in [6.07, 6.45) is 2.01. The molecule has 0 heterocycles. The lowest BCUT2D eigenvalue weighted by Gasteiger charge is -2.06. The van der Waals surface area contributed by atoms with Gasteiger partial charge in [-0.2, -0.15) is 0 Å². The first-order valence-electron chi connectivity index (χ1n) is 5.42. The summed E-state index contributed by atoms with van der Waals surface area (Å²) in [6, 6.07) is 4.46. The fourth-order valence-electron chi connectivity index (χ4n) is 1.35. The Hall–Kier alpha value is -1.84. The molecule has 0 bridgehead atoms. The summed E-state index contributed by atoms with van der Waals surface area (Å²) in [6.45, 7) is 6.15. The highest BCUT2D eigenvalue weighted by molar-refractivity contribution is 5.94. The van der Waals surface area contributed by atoms with E-state index >= 15 is 0 Å². The Bertz CT molecular complexity index is 404. The van der Waals surface area contributed by atoms with Crippen LogP contribution in [0, 0.1) is 12.7 Å². The van der Waals surface area contributed by atoms with Crippen LogP contribution in [-0.4, -0.2) is 19.1 Å². The van der Waals surface area contributed by atoms with Gasteiger partial charge in [0.15, 0.2) is 0 Å². The van der Waals surface area contributed by atoms with Crippen molar-refractivity contribution in [3.63, 3.8) is 0 Å². The molecular formula is C13H16FNO2. The lowest BCUT2D eigenvalue weighted by molar-refractivity contribution is 0.0946. The maximum atomic E-state index is 13.4. The van der Waals surface area contributed by atoms with Gasteiger partial charge in [0.05, 0.1) is 18.4 Å². The highest BCUT2D eigenvalue weighted by Crippen LogP contribution is 2.09. The summed E-state index contributed by atoms with van der Waals surface area (Å²) < 4.78 is 18.3. The summed E-state index contributed by atoms with van der Waals surface area (Å²) >= 11 is 0. The van der Waals surface area contributed by atoms with E-state index in [0.29, 0.717) is 19.6 Å². The zero-order chi connectivity index (χ0) is 12.7. The number of ether oxygens (including phenoxy) is 1. The molecule has 0 aliphatic carbocycles. The average molecular weight is 237 g/mol. The van der Waals surface area contributed by atoms with Gasteiger partial charge in [-0.25, -0.2) is 4.39 Å². The van der Waals surface area contributed by atoms with Crippen LogP contribution in [-0.2, 0) is 4.74 Å². The molecule has 0 unspecified atom stereocenters. The maximum absolute atomic E-state index is 13.4. The van der Waals surface area contributed by atoms with Crippen molar-refractivity contribution in [2.45, 2.75) is 13.3 Å². The predicted octanol–water partition coefficient (Wildman–Crippen LogP) is 2.41. The second-order valence-corrected chi connectivity index (χ2v) is 3.63.